The molecular formula is C15H14FNO3. The number of aromatic amines is 1. The molecule has 1 heterocycles. The molecule has 20 heavy (non-hydrogen) atoms. The van der Waals surface area contributed by atoms with Crippen molar-refractivity contribution in [2.75, 3.05) is 7.11 Å². The minimum atomic E-state index is -0.562. The molecule has 2 rings (SSSR count). The maximum absolute atomic E-state index is 13.0. The van der Waals surface area contributed by atoms with E-state index in [2.05, 4.69) is 4.98 Å². The maximum Gasteiger partial charge on any atom is 0.340 e. The van der Waals surface area contributed by atoms with Gasteiger partial charge in [-0.1, -0.05) is 6.92 Å². The Balaban J connectivity index is 2.65. The number of hydrogen-bond acceptors (Lipinski definition) is 3. The van der Waals surface area contributed by atoms with Crippen molar-refractivity contribution in [2.24, 2.45) is 0 Å². The first kappa shape index (κ1) is 14.0. The van der Waals surface area contributed by atoms with Crippen LogP contribution in [0.3, 0.4) is 0 Å². The van der Waals surface area contributed by atoms with Crippen LogP contribution in [0, 0.1) is 5.82 Å². The first-order chi connectivity index (χ1) is 9.62. The Hall–Kier alpha value is -2.43. The van der Waals surface area contributed by atoms with Gasteiger partial charge >= 0.3 is 5.97 Å². The average Bonchev–Trinajstić information content (AvgIpc) is 2.85. The molecule has 0 aliphatic rings. The van der Waals surface area contributed by atoms with E-state index in [1.165, 1.54) is 19.2 Å². The van der Waals surface area contributed by atoms with E-state index in [9.17, 15) is 14.0 Å². The Labute approximate surface area is 115 Å². The molecule has 0 fully saturated rings. The molecule has 0 bridgehead atoms. The maximum atomic E-state index is 13.0. The van der Waals surface area contributed by atoms with Gasteiger partial charge in [0.05, 0.1) is 24.1 Å². The standard InChI is InChI=1S/C15H14FNO3/c1-3-11-13(15(19)20-2)12(8-18)17-14(11)9-4-6-10(16)7-5-9/h4-8,17H,3H2,1-2H3. The highest BCUT2D eigenvalue weighted by Crippen LogP contribution is 2.29. The second-order valence-electron chi connectivity index (χ2n) is 4.24. The zero-order valence-electron chi connectivity index (χ0n) is 11.2. The number of esters is 1. The van der Waals surface area contributed by atoms with Crippen LogP contribution >= 0.6 is 0 Å². The van der Waals surface area contributed by atoms with Crippen LogP contribution in [0.4, 0.5) is 4.39 Å². The summed E-state index contributed by atoms with van der Waals surface area (Å²) < 4.78 is 17.7. The van der Waals surface area contributed by atoms with Gasteiger partial charge < -0.3 is 9.72 Å². The summed E-state index contributed by atoms with van der Waals surface area (Å²) >= 11 is 0. The first-order valence-electron chi connectivity index (χ1n) is 6.16. The lowest BCUT2D eigenvalue weighted by atomic mass is 10.0. The molecular weight excluding hydrogens is 261 g/mol. The van der Waals surface area contributed by atoms with E-state index >= 15 is 0 Å². The van der Waals surface area contributed by atoms with E-state index in [4.69, 9.17) is 4.74 Å². The lowest BCUT2D eigenvalue weighted by Crippen LogP contribution is -2.06. The van der Waals surface area contributed by atoms with Crippen LogP contribution in [0.5, 0.6) is 0 Å². The van der Waals surface area contributed by atoms with E-state index in [0.29, 0.717) is 29.5 Å². The quantitative estimate of drug-likeness (QED) is 0.689. The molecule has 1 aromatic heterocycles. The number of benzene rings is 1. The molecule has 2 aromatic rings. The normalized spacial score (nSPS) is 10.3. The molecule has 1 N–H and O–H groups in total. The van der Waals surface area contributed by atoms with Crippen molar-refractivity contribution < 1.29 is 18.7 Å². The minimum absolute atomic E-state index is 0.174. The first-order valence-corrected chi connectivity index (χ1v) is 6.16. The van der Waals surface area contributed by atoms with Gasteiger partial charge in [0.1, 0.15) is 5.82 Å². The van der Waals surface area contributed by atoms with Crippen molar-refractivity contribution in [1.82, 2.24) is 4.98 Å². The third kappa shape index (κ3) is 2.34. The van der Waals surface area contributed by atoms with Crippen molar-refractivity contribution in [3.8, 4) is 11.3 Å². The third-order valence-corrected chi connectivity index (χ3v) is 3.13. The van der Waals surface area contributed by atoms with Gasteiger partial charge in [0.25, 0.3) is 0 Å². The highest BCUT2D eigenvalue weighted by atomic mass is 19.1. The van der Waals surface area contributed by atoms with Gasteiger partial charge in [-0.3, -0.25) is 4.79 Å². The number of aldehydes is 1. The van der Waals surface area contributed by atoms with Crippen LogP contribution in [0.1, 0.15) is 33.3 Å². The second-order valence-corrected chi connectivity index (χ2v) is 4.24. The van der Waals surface area contributed by atoms with Crippen LogP contribution < -0.4 is 0 Å². The van der Waals surface area contributed by atoms with Gasteiger partial charge in [0.15, 0.2) is 6.29 Å². The van der Waals surface area contributed by atoms with Gasteiger partial charge in [-0.2, -0.15) is 0 Å². The molecule has 0 spiro atoms. The largest absolute Gasteiger partial charge is 0.465 e. The minimum Gasteiger partial charge on any atom is -0.465 e. The van der Waals surface area contributed by atoms with E-state index < -0.39 is 5.97 Å². The number of halogens is 1. The monoisotopic (exact) mass is 275 g/mol. The molecule has 1 aromatic carbocycles. The number of aromatic nitrogens is 1. The highest BCUT2D eigenvalue weighted by Gasteiger charge is 2.23. The van der Waals surface area contributed by atoms with Gasteiger partial charge in [0.2, 0.25) is 0 Å². The molecule has 0 aliphatic heterocycles. The summed E-state index contributed by atoms with van der Waals surface area (Å²) in [6, 6.07) is 5.84. The number of carbonyl (C=O) groups is 2. The summed E-state index contributed by atoms with van der Waals surface area (Å²) in [7, 11) is 1.26. The van der Waals surface area contributed by atoms with Crippen LogP contribution in [0.2, 0.25) is 0 Å². The third-order valence-electron chi connectivity index (χ3n) is 3.13. The number of methoxy groups -OCH3 is 1. The Morgan fingerprint density at radius 3 is 2.50 bits per heavy atom. The Kier molecular flexibility index (Phi) is 3.98. The van der Waals surface area contributed by atoms with Crippen LogP contribution in [-0.4, -0.2) is 24.3 Å². The molecule has 5 heteroatoms. The number of ether oxygens (including phenoxy) is 1. The van der Waals surface area contributed by atoms with E-state index in [-0.39, 0.29) is 17.1 Å². The molecule has 0 saturated carbocycles. The van der Waals surface area contributed by atoms with E-state index in [1.807, 2.05) is 6.92 Å². The Morgan fingerprint density at radius 1 is 1.35 bits per heavy atom. The molecule has 0 amide bonds. The van der Waals surface area contributed by atoms with Crippen LogP contribution in [0.15, 0.2) is 24.3 Å². The summed E-state index contributed by atoms with van der Waals surface area (Å²) in [6.45, 7) is 1.87. The lowest BCUT2D eigenvalue weighted by molar-refractivity contribution is 0.0597. The second kappa shape index (κ2) is 5.69. The van der Waals surface area contributed by atoms with Gasteiger partial charge in [-0.05, 0) is 41.8 Å². The number of hydrogen-bond donors (Lipinski definition) is 1. The SMILES string of the molecule is CCc1c(-c2ccc(F)cc2)[nH]c(C=O)c1C(=O)OC. The van der Waals surface area contributed by atoms with Crippen molar-refractivity contribution in [1.29, 1.82) is 0 Å². The number of rotatable bonds is 4. The zero-order valence-corrected chi connectivity index (χ0v) is 11.2. The number of carbonyl (C=O) groups excluding carboxylic acids is 2. The summed E-state index contributed by atoms with van der Waals surface area (Å²) in [5.41, 5.74) is 2.44. The number of H-pyrrole nitrogens is 1. The highest BCUT2D eigenvalue weighted by molar-refractivity contribution is 6.01. The summed E-state index contributed by atoms with van der Waals surface area (Å²) in [6.07, 6.45) is 1.12. The molecule has 0 radical (unpaired) electrons. The van der Waals surface area contributed by atoms with Crippen molar-refractivity contribution in [3.63, 3.8) is 0 Å². The smallest absolute Gasteiger partial charge is 0.340 e. The molecule has 0 unspecified atom stereocenters. The topological polar surface area (TPSA) is 59.2 Å². The van der Waals surface area contributed by atoms with Crippen molar-refractivity contribution >= 4 is 12.3 Å². The van der Waals surface area contributed by atoms with E-state index in [0.717, 1.165) is 0 Å². The summed E-state index contributed by atoms with van der Waals surface area (Å²) in [5, 5.41) is 0. The lowest BCUT2D eigenvalue weighted by Gasteiger charge is -2.04. The van der Waals surface area contributed by atoms with Gasteiger partial charge in [0, 0.05) is 0 Å². The van der Waals surface area contributed by atoms with Crippen molar-refractivity contribution in [3.05, 3.63) is 46.9 Å². The molecule has 104 valence electrons. The predicted octanol–water partition coefficient (Wildman–Crippen LogP) is 2.98. The zero-order chi connectivity index (χ0) is 14.7. The van der Waals surface area contributed by atoms with Crippen molar-refractivity contribution in [2.45, 2.75) is 13.3 Å². The fraction of sp³-hybridized carbons (Fsp3) is 0.200. The average molecular weight is 275 g/mol. The molecule has 4 nitrogen and oxygen atoms in total. The van der Waals surface area contributed by atoms with Gasteiger partial charge in [-0.25, -0.2) is 9.18 Å². The summed E-state index contributed by atoms with van der Waals surface area (Å²) in [5.74, 6) is -0.907. The van der Waals surface area contributed by atoms with E-state index in [1.54, 1.807) is 12.1 Å². The molecule has 0 saturated heterocycles. The van der Waals surface area contributed by atoms with Gasteiger partial charge in [-0.15, -0.1) is 0 Å². The fourth-order valence-electron chi connectivity index (χ4n) is 2.20. The van der Waals surface area contributed by atoms with Crippen LogP contribution in [0.25, 0.3) is 11.3 Å². The molecule has 0 aliphatic carbocycles. The molecule has 0 atom stereocenters. The van der Waals surface area contributed by atoms with Crippen LogP contribution in [-0.2, 0) is 11.2 Å². The number of nitrogens with one attached hydrogen (secondary N) is 1. The predicted molar refractivity (Wildman–Crippen MR) is 72.3 cm³/mol. The Morgan fingerprint density at radius 2 is 2.00 bits per heavy atom. The summed E-state index contributed by atoms with van der Waals surface area (Å²) in [4.78, 5) is 25.8. The Bertz CT molecular complexity index is 644. The fourth-order valence-corrected chi connectivity index (χ4v) is 2.20.